The Kier molecular flexibility index (Phi) is 4.74. The van der Waals surface area contributed by atoms with E-state index in [1.807, 2.05) is 6.92 Å². The molecule has 1 aromatic carbocycles. The summed E-state index contributed by atoms with van der Waals surface area (Å²) in [7, 11) is 3.16. The molecule has 0 aliphatic rings. The minimum Gasteiger partial charge on any atom is -0.496 e. The van der Waals surface area contributed by atoms with E-state index in [1.165, 1.54) is 0 Å². The smallest absolute Gasteiger partial charge is 0.130 e. The van der Waals surface area contributed by atoms with Crippen LogP contribution in [0.2, 0.25) is 0 Å². The minimum atomic E-state index is -0.795. The van der Waals surface area contributed by atoms with Gasteiger partial charge in [0.2, 0.25) is 0 Å². The number of methoxy groups -OCH3 is 2. The highest BCUT2D eigenvalue weighted by atomic mass is 16.5. The summed E-state index contributed by atoms with van der Waals surface area (Å²) in [6.45, 7) is 1.98. The molecule has 2 atom stereocenters. The average molecular weight is 240 g/mol. The van der Waals surface area contributed by atoms with Gasteiger partial charge in [0.25, 0.3) is 0 Å². The summed E-state index contributed by atoms with van der Waals surface area (Å²) < 4.78 is 10.5. The lowest BCUT2D eigenvalue weighted by molar-refractivity contribution is 0.151. The average Bonchev–Trinajstić information content (AvgIpc) is 2.36. The number of hydrogen-bond donors (Lipinski definition) is 3. The Balaban J connectivity index is 3.20. The van der Waals surface area contributed by atoms with E-state index in [9.17, 15) is 5.11 Å². The fraction of sp³-hybridized carbons (Fsp3) is 0.500. The highest BCUT2D eigenvalue weighted by Gasteiger charge is 2.21. The first-order valence-corrected chi connectivity index (χ1v) is 5.42. The number of rotatable bonds is 5. The molecule has 0 spiro atoms. The Labute approximate surface area is 101 Å². The van der Waals surface area contributed by atoms with Crippen LogP contribution in [0.15, 0.2) is 12.1 Å². The van der Waals surface area contributed by atoms with Crippen LogP contribution in [0.5, 0.6) is 11.5 Å². The van der Waals surface area contributed by atoms with Gasteiger partial charge in [0.15, 0.2) is 0 Å². The molecule has 0 radical (unpaired) electrons. The van der Waals surface area contributed by atoms with Crippen LogP contribution in [0, 0.1) is 6.92 Å². The molecular weight excluding hydrogens is 220 g/mol. The third kappa shape index (κ3) is 2.69. The van der Waals surface area contributed by atoms with E-state index in [0.29, 0.717) is 5.75 Å². The fourth-order valence-corrected chi connectivity index (χ4v) is 1.80. The molecule has 0 saturated carbocycles. The number of aliphatic hydroxyl groups excluding tert-OH is 1. The quantitative estimate of drug-likeness (QED) is 0.690. The van der Waals surface area contributed by atoms with Gasteiger partial charge in [0.1, 0.15) is 11.5 Å². The predicted octanol–water partition coefficient (Wildman–Crippen LogP) is 0.332. The van der Waals surface area contributed by atoms with Crippen LogP contribution < -0.4 is 20.9 Å². The summed E-state index contributed by atoms with van der Waals surface area (Å²) in [6, 6.07) is 3.02. The van der Waals surface area contributed by atoms with Gasteiger partial charge in [-0.2, -0.15) is 0 Å². The third-order valence-corrected chi connectivity index (χ3v) is 2.83. The third-order valence-electron chi connectivity index (χ3n) is 2.83. The molecule has 0 aliphatic carbocycles. The largest absolute Gasteiger partial charge is 0.496 e. The molecule has 5 N–H and O–H groups in total. The first kappa shape index (κ1) is 13.8. The molecule has 0 aromatic heterocycles. The van der Waals surface area contributed by atoms with E-state index < -0.39 is 12.1 Å². The lowest BCUT2D eigenvalue weighted by atomic mass is 9.98. The summed E-state index contributed by atoms with van der Waals surface area (Å²) in [5.41, 5.74) is 12.9. The van der Waals surface area contributed by atoms with Gasteiger partial charge in [-0.25, -0.2) is 0 Å². The molecule has 0 fully saturated rings. The van der Waals surface area contributed by atoms with E-state index >= 15 is 0 Å². The second-order valence-corrected chi connectivity index (χ2v) is 3.84. The van der Waals surface area contributed by atoms with Crippen molar-refractivity contribution in [2.24, 2.45) is 11.5 Å². The molecular formula is C12H20N2O3. The maximum atomic E-state index is 9.68. The SMILES string of the molecule is COc1ccc(C(N)C(O)CN)c(OC)c1C. The number of benzene rings is 1. The van der Waals surface area contributed by atoms with Crippen molar-refractivity contribution in [1.29, 1.82) is 0 Å². The van der Waals surface area contributed by atoms with E-state index in [4.69, 9.17) is 20.9 Å². The standard InChI is InChI=1S/C12H20N2O3/c1-7-10(16-2)5-4-8(12(7)17-3)11(14)9(15)6-13/h4-5,9,11,15H,6,13-14H2,1-3H3. The maximum Gasteiger partial charge on any atom is 0.130 e. The van der Waals surface area contributed by atoms with Crippen LogP contribution in [-0.4, -0.2) is 32.0 Å². The van der Waals surface area contributed by atoms with Crippen molar-refractivity contribution < 1.29 is 14.6 Å². The van der Waals surface area contributed by atoms with Gasteiger partial charge >= 0.3 is 0 Å². The van der Waals surface area contributed by atoms with Crippen molar-refractivity contribution >= 4 is 0 Å². The second-order valence-electron chi connectivity index (χ2n) is 3.84. The number of aliphatic hydroxyl groups is 1. The molecule has 96 valence electrons. The lowest BCUT2D eigenvalue weighted by Crippen LogP contribution is -2.33. The van der Waals surface area contributed by atoms with Crippen molar-refractivity contribution in [3.8, 4) is 11.5 Å². The Morgan fingerprint density at radius 3 is 2.41 bits per heavy atom. The zero-order valence-corrected chi connectivity index (χ0v) is 10.4. The van der Waals surface area contributed by atoms with Crippen LogP contribution in [-0.2, 0) is 0 Å². The Morgan fingerprint density at radius 1 is 1.29 bits per heavy atom. The van der Waals surface area contributed by atoms with Crippen molar-refractivity contribution in [3.05, 3.63) is 23.3 Å². The summed E-state index contributed by atoms with van der Waals surface area (Å²) >= 11 is 0. The lowest BCUT2D eigenvalue weighted by Gasteiger charge is -2.22. The van der Waals surface area contributed by atoms with Crippen molar-refractivity contribution in [2.45, 2.75) is 19.1 Å². The van der Waals surface area contributed by atoms with Crippen molar-refractivity contribution in [1.82, 2.24) is 0 Å². The summed E-state index contributed by atoms with van der Waals surface area (Å²) in [5.74, 6) is 1.35. The molecule has 0 heterocycles. The molecule has 5 heteroatoms. The number of nitrogens with two attached hydrogens (primary N) is 2. The molecule has 1 rings (SSSR count). The van der Waals surface area contributed by atoms with E-state index in [1.54, 1.807) is 26.4 Å². The van der Waals surface area contributed by atoms with E-state index in [-0.39, 0.29) is 6.54 Å². The van der Waals surface area contributed by atoms with E-state index in [0.717, 1.165) is 16.9 Å². The zero-order valence-electron chi connectivity index (χ0n) is 10.4. The molecule has 5 nitrogen and oxygen atoms in total. The summed E-state index contributed by atoms with van der Waals surface area (Å²) in [6.07, 6.45) is -0.795. The van der Waals surface area contributed by atoms with Gasteiger partial charge in [0.05, 0.1) is 26.4 Å². The van der Waals surface area contributed by atoms with Gasteiger partial charge in [0, 0.05) is 17.7 Å². The Morgan fingerprint density at radius 2 is 1.94 bits per heavy atom. The molecule has 1 aromatic rings. The Bertz CT molecular complexity index is 382. The molecule has 17 heavy (non-hydrogen) atoms. The monoisotopic (exact) mass is 240 g/mol. The van der Waals surface area contributed by atoms with Crippen molar-refractivity contribution in [3.63, 3.8) is 0 Å². The molecule has 2 unspecified atom stereocenters. The second kappa shape index (κ2) is 5.86. The molecule has 0 aliphatic heterocycles. The van der Waals surface area contributed by atoms with Crippen LogP contribution in [0.25, 0.3) is 0 Å². The van der Waals surface area contributed by atoms with Crippen molar-refractivity contribution in [2.75, 3.05) is 20.8 Å². The zero-order chi connectivity index (χ0) is 13.0. The first-order valence-electron chi connectivity index (χ1n) is 5.42. The highest BCUT2D eigenvalue weighted by molar-refractivity contribution is 5.50. The van der Waals surface area contributed by atoms with Gasteiger partial charge in [-0.3, -0.25) is 0 Å². The van der Waals surface area contributed by atoms with Gasteiger partial charge in [-0.05, 0) is 19.1 Å². The van der Waals surface area contributed by atoms with Gasteiger partial charge < -0.3 is 26.0 Å². The van der Waals surface area contributed by atoms with Gasteiger partial charge in [-0.15, -0.1) is 0 Å². The van der Waals surface area contributed by atoms with Crippen LogP contribution in [0.4, 0.5) is 0 Å². The predicted molar refractivity (Wildman–Crippen MR) is 66.3 cm³/mol. The topological polar surface area (TPSA) is 90.7 Å². The molecule has 0 saturated heterocycles. The Hall–Kier alpha value is -1.30. The maximum absolute atomic E-state index is 9.68. The highest BCUT2D eigenvalue weighted by Crippen LogP contribution is 2.34. The fourth-order valence-electron chi connectivity index (χ4n) is 1.80. The number of ether oxygens (including phenoxy) is 2. The van der Waals surface area contributed by atoms with Crippen LogP contribution in [0.1, 0.15) is 17.2 Å². The first-order chi connectivity index (χ1) is 8.06. The van der Waals surface area contributed by atoms with E-state index in [2.05, 4.69) is 0 Å². The summed E-state index contributed by atoms with van der Waals surface area (Å²) in [5, 5.41) is 9.68. The normalized spacial score (nSPS) is 14.2. The molecule has 0 bridgehead atoms. The number of hydrogen-bond acceptors (Lipinski definition) is 5. The van der Waals surface area contributed by atoms with Gasteiger partial charge in [-0.1, -0.05) is 0 Å². The minimum absolute atomic E-state index is 0.107. The molecule has 0 amide bonds. The van der Waals surface area contributed by atoms with Crippen LogP contribution in [0.3, 0.4) is 0 Å². The summed E-state index contributed by atoms with van der Waals surface area (Å²) in [4.78, 5) is 0. The van der Waals surface area contributed by atoms with Crippen LogP contribution >= 0.6 is 0 Å².